The van der Waals surface area contributed by atoms with Crippen LogP contribution in [0.3, 0.4) is 0 Å². The third-order valence-corrected chi connectivity index (χ3v) is 3.66. The molecule has 0 saturated heterocycles. The van der Waals surface area contributed by atoms with Crippen LogP contribution in [-0.2, 0) is 13.0 Å². The summed E-state index contributed by atoms with van der Waals surface area (Å²) in [5.41, 5.74) is 10.1. The predicted molar refractivity (Wildman–Crippen MR) is 83.4 cm³/mol. The van der Waals surface area contributed by atoms with Gasteiger partial charge in [0.05, 0.1) is 30.4 Å². The van der Waals surface area contributed by atoms with Crippen LogP contribution in [-0.4, -0.2) is 21.6 Å². The van der Waals surface area contributed by atoms with E-state index in [4.69, 9.17) is 10.5 Å². The Balaban J connectivity index is 2.09. The number of benzene rings is 1. The molecule has 0 aliphatic carbocycles. The number of imidazole rings is 1. The van der Waals surface area contributed by atoms with E-state index in [-0.39, 0.29) is 0 Å². The van der Waals surface area contributed by atoms with Gasteiger partial charge in [-0.25, -0.2) is 4.98 Å². The second-order valence-corrected chi connectivity index (χ2v) is 4.87. The monoisotopic (exact) mass is 282 g/mol. The molecule has 0 fully saturated rings. The zero-order valence-corrected chi connectivity index (χ0v) is 12.2. The molecule has 5 heteroatoms. The summed E-state index contributed by atoms with van der Waals surface area (Å²) in [5.74, 6) is 1.28. The van der Waals surface area contributed by atoms with E-state index in [1.807, 2.05) is 35.0 Å². The summed E-state index contributed by atoms with van der Waals surface area (Å²) < 4.78 is 7.26. The summed E-state index contributed by atoms with van der Waals surface area (Å²) in [5, 5.41) is 0. The fraction of sp³-hybridized carbons (Fsp3) is 0.250. The van der Waals surface area contributed by atoms with Crippen LogP contribution in [0, 0.1) is 0 Å². The number of aryl methyl sites for hydroxylation is 1. The molecule has 3 rings (SSSR count). The first kappa shape index (κ1) is 13.4. The number of nitrogens with zero attached hydrogens (tertiary/aromatic N) is 3. The van der Waals surface area contributed by atoms with Crippen LogP contribution in [0.4, 0.5) is 5.95 Å². The Labute approximate surface area is 123 Å². The second-order valence-electron chi connectivity index (χ2n) is 4.87. The van der Waals surface area contributed by atoms with Gasteiger partial charge in [-0.2, -0.15) is 0 Å². The molecule has 3 aromatic rings. The Kier molecular flexibility index (Phi) is 3.48. The van der Waals surface area contributed by atoms with Gasteiger partial charge < -0.3 is 15.0 Å². The molecule has 5 nitrogen and oxygen atoms in total. The number of anilines is 1. The first-order valence-electron chi connectivity index (χ1n) is 6.95. The van der Waals surface area contributed by atoms with Gasteiger partial charge in [0, 0.05) is 12.3 Å². The van der Waals surface area contributed by atoms with Crippen molar-refractivity contribution >= 4 is 17.0 Å². The summed E-state index contributed by atoms with van der Waals surface area (Å²) in [6.45, 7) is 2.73. The van der Waals surface area contributed by atoms with Crippen molar-refractivity contribution in [1.29, 1.82) is 0 Å². The number of fused-ring (bicyclic) bond motifs is 1. The van der Waals surface area contributed by atoms with Gasteiger partial charge in [-0.05, 0) is 30.2 Å². The molecule has 0 spiro atoms. The van der Waals surface area contributed by atoms with Crippen molar-refractivity contribution in [1.82, 2.24) is 14.5 Å². The molecular formula is C16H18N4O. The molecule has 1 aromatic carbocycles. The van der Waals surface area contributed by atoms with E-state index in [0.29, 0.717) is 12.5 Å². The maximum Gasteiger partial charge on any atom is 0.201 e. The third kappa shape index (κ3) is 2.42. The molecule has 0 radical (unpaired) electrons. The lowest BCUT2D eigenvalue weighted by atomic mass is 10.1. The van der Waals surface area contributed by atoms with Crippen LogP contribution in [0.25, 0.3) is 11.0 Å². The van der Waals surface area contributed by atoms with E-state index in [2.05, 4.69) is 23.0 Å². The number of aromatic nitrogens is 3. The summed E-state index contributed by atoms with van der Waals surface area (Å²) in [6.07, 6.45) is 2.75. The number of rotatable bonds is 4. The van der Waals surface area contributed by atoms with Crippen molar-refractivity contribution in [2.45, 2.75) is 19.9 Å². The fourth-order valence-electron chi connectivity index (χ4n) is 2.50. The van der Waals surface area contributed by atoms with Crippen LogP contribution in [0.2, 0.25) is 0 Å². The Morgan fingerprint density at radius 1 is 1.29 bits per heavy atom. The molecule has 2 aromatic heterocycles. The highest BCUT2D eigenvalue weighted by Crippen LogP contribution is 2.24. The zero-order valence-electron chi connectivity index (χ0n) is 12.2. The molecule has 0 bridgehead atoms. The molecule has 0 saturated carbocycles. The normalized spacial score (nSPS) is 11.0. The number of hydrogen-bond donors (Lipinski definition) is 1. The van der Waals surface area contributed by atoms with Gasteiger partial charge in [-0.3, -0.25) is 4.98 Å². The summed E-state index contributed by atoms with van der Waals surface area (Å²) in [6, 6.07) is 9.81. The van der Waals surface area contributed by atoms with Crippen LogP contribution >= 0.6 is 0 Å². The summed E-state index contributed by atoms with van der Waals surface area (Å²) in [4.78, 5) is 8.88. The zero-order chi connectivity index (χ0) is 14.8. The van der Waals surface area contributed by atoms with E-state index in [0.717, 1.165) is 28.9 Å². The van der Waals surface area contributed by atoms with Crippen molar-refractivity contribution < 1.29 is 4.74 Å². The highest BCUT2D eigenvalue weighted by Gasteiger charge is 2.11. The number of ether oxygens (including phenoxy) is 1. The molecule has 108 valence electrons. The predicted octanol–water partition coefficient (Wildman–Crippen LogP) is 2.63. The number of hydrogen-bond acceptors (Lipinski definition) is 4. The quantitative estimate of drug-likeness (QED) is 0.799. The number of methoxy groups -OCH3 is 1. The lowest BCUT2D eigenvalue weighted by Gasteiger charge is -2.10. The molecule has 2 heterocycles. The van der Waals surface area contributed by atoms with Crippen molar-refractivity contribution in [3.05, 3.63) is 47.8 Å². The Morgan fingerprint density at radius 2 is 2.14 bits per heavy atom. The van der Waals surface area contributed by atoms with Gasteiger partial charge >= 0.3 is 0 Å². The minimum atomic E-state index is 0.492. The van der Waals surface area contributed by atoms with Gasteiger partial charge in [0.2, 0.25) is 5.95 Å². The van der Waals surface area contributed by atoms with Crippen LogP contribution in [0.15, 0.2) is 36.5 Å². The Morgan fingerprint density at radius 3 is 2.90 bits per heavy atom. The standard InChI is InChI=1S/C16H18N4O/c1-3-11-5-4-8-18-14(11)10-20-15-9-12(21-2)6-7-13(15)19-16(20)17/h4-9H,3,10H2,1-2H3,(H2,17,19). The van der Waals surface area contributed by atoms with Crippen molar-refractivity contribution in [2.75, 3.05) is 12.8 Å². The van der Waals surface area contributed by atoms with Gasteiger partial charge in [-0.1, -0.05) is 13.0 Å². The minimum absolute atomic E-state index is 0.492. The molecule has 0 aliphatic heterocycles. The first-order valence-corrected chi connectivity index (χ1v) is 6.95. The summed E-state index contributed by atoms with van der Waals surface area (Å²) >= 11 is 0. The average molecular weight is 282 g/mol. The highest BCUT2D eigenvalue weighted by molar-refractivity contribution is 5.80. The van der Waals surface area contributed by atoms with Gasteiger partial charge in [0.25, 0.3) is 0 Å². The topological polar surface area (TPSA) is 66.0 Å². The summed E-state index contributed by atoms with van der Waals surface area (Å²) in [7, 11) is 1.65. The number of pyridine rings is 1. The minimum Gasteiger partial charge on any atom is -0.497 e. The molecule has 0 atom stereocenters. The van der Waals surface area contributed by atoms with Crippen molar-refractivity contribution in [3.63, 3.8) is 0 Å². The average Bonchev–Trinajstić information content (AvgIpc) is 2.83. The highest BCUT2D eigenvalue weighted by atomic mass is 16.5. The molecule has 21 heavy (non-hydrogen) atoms. The second kappa shape index (κ2) is 5.44. The van der Waals surface area contributed by atoms with E-state index < -0.39 is 0 Å². The number of nitrogens with two attached hydrogens (primary N) is 1. The van der Waals surface area contributed by atoms with Crippen molar-refractivity contribution in [3.8, 4) is 5.75 Å². The smallest absolute Gasteiger partial charge is 0.201 e. The van der Waals surface area contributed by atoms with E-state index in [1.165, 1.54) is 5.56 Å². The number of nitrogen functional groups attached to an aromatic ring is 1. The third-order valence-electron chi connectivity index (χ3n) is 3.66. The van der Waals surface area contributed by atoms with Gasteiger partial charge in [-0.15, -0.1) is 0 Å². The first-order chi connectivity index (χ1) is 10.2. The molecule has 0 aliphatic rings. The van der Waals surface area contributed by atoms with Crippen LogP contribution < -0.4 is 10.5 Å². The van der Waals surface area contributed by atoms with Crippen molar-refractivity contribution in [2.24, 2.45) is 0 Å². The Hall–Kier alpha value is -2.56. The molecule has 0 amide bonds. The fourth-order valence-corrected chi connectivity index (χ4v) is 2.50. The van der Waals surface area contributed by atoms with E-state index in [9.17, 15) is 0 Å². The van der Waals surface area contributed by atoms with Gasteiger partial charge in [0.15, 0.2) is 0 Å². The van der Waals surface area contributed by atoms with E-state index >= 15 is 0 Å². The maximum atomic E-state index is 6.07. The largest absolute Gasteiger partial charge is 0.497 e. The lowest BCUT2D eigenvalue weighted by molar-refractivity contribution is 0.415. The molecular weight excluding hydrogens is 264 g/mol. The van der Waals surface area contributed by atoms with Crippen LogP contribution in [0.1, 0.15) is 18.2 Å². The lowest BCUT2D eigenvalue weighted by Crippen LogP contribution is -2.08. The molecule has 0 unspecified atom stereocenters. The van der Waals surface area contributed by atoms with Crippen LogP contribution in [0.5, 0.6) is 5.75 Å². The SMILES string of the molecule is CCc1cccnc1Cn1c(N)nc2ccc(OC)cc21. The Bertz CT molecular complexity index is 779. The van der Waals surface area contributed by atoms with Gasteiger partial charge in [0.1, 0.15) is 5.75 Å². The van der Waals surface area contributed by atoms with E-state index in [1.54, 1.807) is 7.11 Å². The maximum absolute atomic E-state index is 6.07. The molecule has 2 N–H and O–H groups in total.